The van der Waals surface area contributed by atoms with Crippen LogP contribution in [0.2, 0.25) is 0 Å². The number of amides is 5. The van der Waals surface area contributed by atoms with Crippen molar-refractivity contribution in [1.82, 2.24) is 49.8 Å². The number of anilines is 7. The number of carbonyl (C=O) groups is 5. The van der Waals surface area contributed by atoms with Gasteiger partial charge in [0, 0.05) is 112 Å². The number of H-pyrrole nitrogens is 3. The quantitative estimate of drug-likeness (QED) is 0.0445. The van der Waals surface area contributed by atoms with Crippen LogP contribution in [0.15, 0.2) is 45.9 Å². The zero-order valence-corrected chi connectivity index (χ0v) is 66.7. The fraction of sp³-hybridized carbons (Fsp3) is 0.688. The molecule has 5 aliphatic rings. The van der Waals surface area contributed by atoms with E-state index < -0.39 is 273 Å². The Hall–Kier alpha value is -9.45. The number of aliphatic hydroxyl groups excluding tert-OH is 5. The Morgan fingerprint density at radius 2 is 0.809 bits per heavy atom. The van der Waals surface area contributed by atoms with Gasteiger partial charge in [0.2, 0.25) is 29.7 Å². The summed E-state index contributed by atoms with van der Waals surface area (Å²) in [5.41, 5.74) is 16.3. The van der Waals surface area contributed by atoms with Gasteiger partial charge in [-0.05, 0) is 229 Å². The highest BCUT2D eigenvalue weighted by Crippen LogP contribution is 2.32. The normalized spacial score (nSPS) is 39.8. The third-order valence-electron chi connectivity index (χ3n) is 16.6. The minimum atomic E-state index is -3.51. The number of primary amides is 5. The molecule has 0 saturated heterocycles. The summed E-state index contributed by atoms with van der Waals surface area (Å²) in [5.74, 6) is -12.1. The molecule has 5 saturated carbocycles. The third-order valence-corrected chi connectivity index (χ3v) is 16.6. The second kappa shape index (κ2) is 40.9. The van der Waals surface area contributed by atoms with Crippen molar-refractivity contribution >= 4 is 70.9 Å². The lowest BCUT2D eigenvalue weighted by Gasteiger charge is -2.32. The first-order valence-electron chi connectivity index (χ1n) is 54.7. The van der Waals surface area contributed by atoms with Crippen LogP contribution >= 0.6 is 0 Å². The fourth-order valence-corrected chi connectivity index (χ4v) is 10.6. The molecule has 0 aliphatic heterocycles. The summed E-state index contributed by atoms with van der Waals surface area (Å²) in [4.78, 5) is 106. The number of nitrogens with one attached hydrogen (secondary N) is 10. The SMILES string of the molecule is [2H]C([2H])([2H])C(C)(Nc1ncc(C(N)=O)c(NC2CCC(C)C(O)C2)n1)C([2H])([2H])[2H].[2H]C([2H])([2H])C(Nc1ncc(C(N)=O)c(NC2CCC(C)C(O)C2)n1)(C([2H])([2H])[2H])C([2H])([2H])[2H].[2H]c1nc(NC(C)(C)C)[nH]c(=NC2([2H])C([2H])C(O)C([2H])(C)C([2H])([2H])C2[2H])c1C(N)=O.[2H]c1nc(NC(C)(C)C)[nH]c(=NC2([2H])C([2H])C(O)C([2H])(C)C([2H])C2([2H])[2H])c1C(N)=O.[2H]c1nc(NC(C)(C)C)[nH]c(=NC2([2H])C([2H])C([2H])C([2H])(C)C(O)C2([2H])[2H])c1C(N)=O. The van der Waals surface area contributed by atoms with Crippen LogP contribution in [0.25, 0.3) is 0 Å². The van der Waals surface area contributed by atoms with Gasteiger partial charge in [0.15, 0.2) is 0 Å². The lowest BCUT2D eigenvalue weighted by atomic mass is 9.85. The molecule has 5 heterocycles. The molecule has 5 aromatic rings. The summed E-state index contributed by atoms with van der Waals surface area (Å²) in [5, 5.41) is 70.5. The molecule has 115 heavy (non-hydrogen) atoms. The first-order valence-corrected chi connectivity index (χ1v) is 36.3. The largest absolute Gasteiger partial charge is 0.393 e. The monoisotopic (exact) mass is 1640 g/mol. The van der Waals surface area contributed by atoms with Gasteiger partial charge in [0.25, 0.3) is 29.5 Å². The maximum absolute atomic E-state index is 11.9. The van der Waals surface area contributed by atoms with Gasteiger partial charge in [-0.25, -0.2) is 24.9 Å². The highest BCUT2D eigenvalue weighted by molar-refractivity contribution is 5.98. The Labute approximate surface area is 726 Å². The van der Waals surface area contributed by atoms with Gasteiger partial charge in [0.1, 0.15) is 28.1 Å². The number of hydrogen-bond acceptors (Lipinski definition) is 27. The Kier molecular flexibility index (Phi) is 19.1. The van der Waals surface area contributed by atoms with E-state index in [4.69, 9.17) is 78.0 Å². The van der Waals surface area contributed by atoms with Crippen LogP contribution in [0.4, 0.5) is 41.4 Å². The highest BCUT2D eigenvalue weighted by atomic mass is 16.3. The first kappa shape index (κ1) is 53.7. The van der Waals surface area contributed by atoms with Crippen molar-refractivity contribution < 1.29 is 98.9 Å². The molecule has 21 atom stereocenters. The molecule has 0 spiro atoms. The molecule has 5 aliphatic carbocycles. The number of rotatable bonds is 17. The number of carbonyl (C=O) groups excluding carboxylic acids is 5. The van der Waals surface area contributed by atoms with Gasteiger partial charge in [0.05, 0.1) is 84.6 Å². The third kappa shape index (κ3) is 31.9. The van der Waals surface area contributed by atoms with E-state index in [0.29, 0.717) is 25.7 Å². The predicted molar refractivity (Wildman–Crippen MR) is 447 cm³/mol. The number of aliphatic hydroxyl groups is 5. The van der Waals surface area contributed by atoms with Crippen molar-refractivity contribution in [3.05, 3.63) is 75.2 Å². The summed E-state index contributed by atoms with van der Waals surface area (Å²) >= 11 is 0. The second-order valence-electron chi connectivity index (χ2n) is 31.0. The number of aromatic nitrogens is 10. The van der Waals surface area contributed by atoms with E-state index in [1.54, 1.807) is 62.3 Å². The first-order chi connectivity index (χ1) is 67.6. The summed E-state index contributed by atoms with van der Waals surface area (Å²) in [7, 11) is 0. The van der Waals surface area contributed by atoms with E-state index in [0.717, 1.165) is 52.9 Å². The molecule has 25 N–H and O–H groups in total. The van der Waals surface area contributed by atoms with E-state index in [2.05, 4.69) is 96.7 Å². The average Bonchev–Trinajstić information content (AvgIpc) is 0.709. The molecule has 35 heteroatoms. The van der Waals surface area contributed by atoms with E-state index in [-0.39, 0.29) is 70.5 Å². The molecule has 5 fully saturated rings. The van der Waals surface area contributed by atoms with Crippen LogP contribution < -0.4 is 82.3 Å². The highest BCUT2D eigenvalue weighted by Gasteiger charge is 2.33. The van der Waals surface area contributed by atoms with Gasteiger partial charge in [-0.15, -0.1) is 0 Å². The lowest BCUT2D eigenvalue weighted by Crippen LogP contribution is -2.36. The van der Waals surface area contributed by atoms with Crippen LogP contribution in [0.3, 0.4) is 0 Å². The molecule has 640 valence electrons. The topological polar surface area (TPSA) is 575 Å². The molecule has 0 bridgehead atoms. The van der Waals surface area contributed by atoms with E-state index in [1.165, 1.54) is 0 Å². The number of nitrogens with zero attached hydrogens (tertiary/aromatic N) is 10. The van der Waals surface area contributed by atoms with Crippen LogP contribution in [0.1, 0.15) is 335 Å². The molecule has 35 nitrogen and oxygen atoms in total. The fourth-order valence-electron chi connectivity index (χ4n) is 10.6. The molecular formula is C80H135N25O10. The minimum absolute atomic E-state index is 0.00705. The Balaban J connectivity index is 0.000000288. The van der Waals surface area contributed by atoms with Crippen molar-refractivity contribution in [2.24, 2.45) is 73.2 Å². The van der Waals surface area contributed by atoms with Crippen molar-refractivity contribution in [3.63, 3.8) is 0 Å². The van der Waals surface area contributed by atoms with E-state index in [1.807, 2.05) is 19.2 Å². The zero-order chi connectivity index (χ0) is 117. The standard InChI is InChI=1S/5C16H27N5O2/c5*1-9-5-6-10(7-12(9)22)19-14-11(13(17)23)8-18-15(20-14)21-16(2,3)4/h5*8-10,12,22H,5-7H2,1-4H3,(H2,17,23)(H2,18,19,20,21)/i5D2,6D,7D,8D,9D,10D;5D,6D2,7D,8D,9D,10D;5D,6D,7D2,8D,9D,10D;2D3,3D3,4D3;2D3,3D3. The van der Waals surface area contributed by atoms with Gasteiger partial charge in [-0.2, -0.15) is 9.97 Å². The van der Waals surface area contributed by atoms with E-state index in [9.17, 15) is 49.5 Å². The predicted octanol–water partition coefficient (Wildman–Crippen LogP) is 7.00. The van der Waals surface area contributed by atoms with Crippen molar-refractivity contribution in [3.8, 4) is 0 Å². The molecule has 5 aromatic heterocycles. The number of aromatic amines is 3. The van der Waals surface area contributed by atoms with Crippen LogP contribution in [0.5, 0.6) is 0 Å². The maximum atomic E-state index is 11.9. The van der Waals surface area contributed by atoms with Crippen molar-refractivity contribution in [2.45, 2.75) is 322 Å². The van der Waals surface area contributed by atoms with Gasteiger partial charge in [-0.3, -0.25) is 38.9 Å². The summed E-state index contributed by atoms with van der Waals surface area (Å²) in [6.07, 6.45) is -23.0. The summed E-state index contributed by atoms with van der Waals surface area (Å²) in [6.45, 7) is 8.10. The summed E-state index contributed by atoms with van der Waals surface area (Å²) in [6, 6.07) is -8.67. The van der Waals surface area contributed by atoms with Crippen LogP contribution in [-0.4, -0.2) is 193 Å². The Bertz CT molecular complexity index is 5780. The summed E-state index contributed by atoms with van der Waals surface area (Å²) < 4.78 is 288. The van der Waals surface area contributed by atoms with Crippen LogP contribution in [0, 0.1) is 29.5 Å². The molecule has 0 radical (unpaired) electrons. The van der Waals surface area contributed by atoms with Crippen LogP contribution in [-0.2, 0) is 0 Å². The number of nitrogens with two attached hydrogens (primary N) is 5. The molecule has 21 unspecified atom stereocenters. The maximum Gasteiger partial charge on any atom is 0.254 e. The smallest absolute Gasteiger partial charge is 0.254 e. The Morgan fingerprint density at radius 3 is 1.19 bits per heavy atom. The molecule has 10 rings (SSSR count). The van der Waals surface area contributed by atoms with Crippen molar-refractivity contribution in [2.75, 3.05) is 37.2 Å². The van der Waals surface area contributed by atoms with Crippen molar-refractivity contribution in [1.29, 1.82) is 0 Å². The number of hydrogen-bond donors (Lipinski definition) is 20. The molecule has 5 amide bonds. The van der Waals surface area contributed by atoms with Gasteiger partial charge in [-0.1, -0.05) is 34.6 Å². The Morgan fingerprint density at radius 1 is 0.443 bits per heavy atom. The molecule has 0 aromatic carbocycles. The second-order valence-corrected chi connectivity index (χ2v) is 31.0. The zero-order valence-electron chi connectivity index (χ0n) is 103. The van der Waals surface area contributed by atoms with Gasteiger partial charge >= 0.3 is 0 Å². The van der Waals surface area contributed by atoms with E-state index >= 15 is 0 Å². The van der Waals surface area contributed by atoms with Gasteiger partial charge < -0.3 is 106 Å². The lowest BCUT2D eigenvalue weighted by molar-refractivity contribution is 0.0702. The minimum Gasteiger partial charge on any atom is -0.393 e. The average molecular weight is 1640 g/mol. The molecular weight excluding hydrogens is 1470 g/mol.